The second-order valence-electron chi connectivity index (χ2n) is 23.7. The highest BCUT2D eigenvalue weighted by Crippen LogP contribution is 2.27. The van der Waals surface area contributed by atoms with Crippen molar-refractivity contribution in [2.24, 2.45) is 4.99 Å². The molecule has 7 unspecified atom stereocenters. The Morgan fingerprint density at radius 3 is 0.832 bits per heavy atom. The van der Waals surface area contributed by atoms with Crippen LogP contribution in [0, 0.1) is 62.1 Å². The second kappa shape index (κ2) is 56.2. The van der Waals surface area contributed by atoms with Gasteiger partial charge in [-0.25, -0.2) is 33.0 Å². The maximum atomic E-state index is 12.0. The number of benzene rings is 9. The fraction of sp³-hybridized carbons (Fsp3) is 0.203. The van der Waals surface area contributed by atoms with Gasteiger partial charge in [0.15, 0.2) is 36.6 Å². The third kappa shape index (κ3) is 43.4. The van der Waals surface area contributed by atoms with Gasteiger partial charge in [-0.2, -0.15) is 4.99 Å². The van der Waals surface area contributed by atoms with Crippen LogP contribution in [0.5, 0.6) is 57.5 Å². The van der Waals surface area contributed by atoms with Crippen LogP contribution in [0.15, 0.2) is 223 Å². The zero-order chi connectivity index (χ0) is 94.0. The minimum absolute atomic E-state index is 0.0296. The lowest BCUT2D eigenvalue weighted by atomic mass is 9.90. The molecule has 7 atom stereocenters. The Balaban J connectivity index is 0.000000500. The molecule has 658 valence electrons. The third-order valence-electron chi connectivity index (χ3n) is 14.3. The van der Waals surface area contributed by atoms with Gasteiger partial charge in [0.05, 0.1) is 52.4 Å². The first-order chi connectivity index (χ1) is 59.0. The van der Waals surface area contributed by atoms with Crippen LogP contribution in [0.4, 0.5) is 45.5 Å². The number of esters is 5. The number of nitro benzene ring substituents is 5. The van der Waals surface area contributed by atoms with Crippen molar-refractivity contribution in [3.8, 4) is 63.8 Å². The normalized spacial score (nSPS) is 11.4. The first-order valence-electron chi connectivity index (χ1n) is 35.0. The zero-order valence-electron chi connectivity index (χ0n) is 66.8. The van der Waals surface area contributed by atoms with Crippen LogP contribution in [-0.4, -0.2) is 140 Å². The zero-order valence-corrected chi connectivity index (χ0v) is 69.9. The summed E-state index contributed by atoms with van der Waals surface area (Å²) in [5.41, 5.74) is 12.4. The summed E-state index contributed by atoms with van der Waals surface area (Å²) >= 11 is 5.19. The Hall–Kier alpha value is -15.4. The first kappa shape index (κ1) is 106. The standard InChI is InChI=1S/C17H12N2O5.C15H12N2O7.C15H16N2O3.C10H11NO5.C9H8ClNO4.C9H9NO5.C4H7BO2.Cl2OS/c1-12(23-15-8-6-14(7-9-15)22-10-18)17(21)24-16-4-2-13(3-5-16)19-11-20;1-10(23-13-6-2-11(3-7-13)16(19)20)15(18)24-14-8-4-12(5-9-14)17(21)22;1-10(19-13-6-2-11(16)3-7-13)15(18)20-14-8-4-12(17)5-9-14;1-7(10(12)15-2)16-9-5-3-8(4-6-9)11(13)14;1-6(9(10)12)15-8-4-2-7(3-5-8)11(13)14;1-6(9(11)12)15-8-4-2-7(3-5-8)10(13)14;1-3(5)4(6)7-2;1-4(2)3/h2-9,12H,1H3;2-10H,1H3;2-10H,16-17H2,1H3;3-7H,1-2H3;2-6H,1H3;2-6H,1H3,(H,11,12);3H,1-2H3;. The number of carbonyl (C=O) groups excluding carboxylic acids is 7. The molecule has 0 heterocycles. The molecule has 0 spiro atoms. The number of carboxylic acids is 1. The van der Waals surface area contributed by atoms with Crippen LogP contribution < -0.4 is 58.8 Å². The van der Waals surface area contributed by atoms with Crippen molar-refractivity contribution in [2.75, 3.05) is 25.7 Å². The van der Waals surface area contributed by atoms with Crippen molar-refractivity contribution in [2.45, 2.75) is 90.9 Å². The molecule has 0 aliphatic carbocycles. The van der Waals surface area contributed by atoms with E-state index < -0.39 is 111 Å². The highest BCUT2D eigenvalue weighted by atomic mass is 36.0. The van der Waals surface area contributed by atoms with Gasteiger partial charge in [-0.15, -0.1) is 5.26 Å². The van der Waals surface area contributed by atoms with Gasteiger partial charge >= 0.3 is 29.8 Å². The number of hydrogen-bond acceptors (Lipinski definition) is 35. The average molecular weight is 1810 g/mol. The summed E-state index contributed by atoms with van der Waals surface area (Å²) < 4.78 is 69.4. The van der Waals surface area contributed by atoms with Crippen LogP contribution in [0.3, 0.4) is 0 Å². The van der Waals surface area contributed by atoms with Crippen LogP contribution in [0.1, 0.15) is 48.5 Å². The number of carboxylic acid groups (broad SMARTS) is 1. The van der Waals surface area contributed by atoms with Gasteiger partial charge in [0.1, 0.15) is 57.5 Å². The first-order valence-corrected chi connectivity index (χ1v) is 38.2. The molecule has 0 bridgehead atoms. The smallest absolute Gasteiger partial charge is 0.352 e. The van der Waals surface area contributed by atoms with E-state index in [1.54, 1.807) is 99.8 Å². The predicted molar refractivity (Wildman–Crippen MR) is 449 cm³/mol. The lowest BCUT2D eigenvalue weighted by molar-refractivity contribution is -0.385. The Morgan fingerprint density at radius 2 is 0.608 bits per heavy atom. The summed E-state index contributed by atoms with van der Waals surface area (Å²) in [6.45, 7) is 10.6. The van der Waals surface area contributed by atoms with Crippen molar-refractivity contribution in [3.63, 3.8) is 0 Å². The summed E-state index contributed by atoms with van der Waals surface area (Å²) in [6, 6.07) is 52.0. The average Bonchev–Trinajstić information content (AvgIpc) is 0.894. The second-order valence-corrected chi connectivity index (χ2v) is 26.6. The number of rotatable bonds is 29. The fourth-order valence-electron chi connectivity index (χ4n) is 8.05. The maximum absolute atomic E-state index is 12.0. The van der Waals surface area contributed by atoms with E-state index in [2.05, 4.69) is 40.6 Å². The van der Waals surface area contributed by atoms with Crippen molar-refractivity contribution in [3.05, 3.63) is 269 Å². The summed E-state index contributed by atoms with van der Waals surface area (Å²) in [4.78, 5) is 141. The van der Waals surface area contributed by atoms with Crippen LogP contribution in [0.2, 0.25) is 5.82 Å². The quantitative estimate of drug-likeness (QED) is 0.00374. The van der Waals surface area contributed by atoms with Gasteiger partial charge in [0.25, 0.3) is 45.9 Å². The number of aliphatic imine (C=N–C) groups is 1. The molecular weight excluding hydrogens is 1740 g/mol. The summed E-state index contributed by atoms with van der Waals surface area (Å²) in [5.74, 6) is -0.696. The van der Waals surface area contributed by atoms with E-state index in [1.165, 1.54) is 194 Å². The lowest BCUT2D eigenvalue weighted by Gasteiger charge is -2.14. The van der Waals surface area contributed by atoms with Crippen LogP contribution >= 0.6 is 33.0 Å². The molecule has 0 saturated carbocycles. The number of nitro groups is 5. The van der Waals surface area contributed by atoms with E-state index in [4.69, 9.17) is 88.1 Å². The van der Waals surface area contributed by atoms with E-state index in [1.807, 2.05) is 0 Å². The molecule has 0 amide bonds. The number of anilines is 2. The fourth-order valence-corrected chi connectivity index (χ4v) is 8.09. The molecule has 0 saturated heterocycles. The Morgan fingerprint density at radius 1 is 0.392 bits per heavy atom. The van der Waals surface area contributed by atoms with E-state index in [9.17, 15) is 88.9 Å². The number of aliphatic carboxylic acids is 1. The van der Waals surface area contributed by atoms with Gasteiger partial charge in [-0.1, -0.05) is 6.92 Å². The van der Waals surface area contributed by atoms with Gasteiger partial charge in [0.2, 0.25) is 15.3 Å². The van der Waals surface area contributed by atoms with E-state index in [-0.39, 0.29) is 51.7 Å². The predicted octanol–water partition coefficient (Wildman–Crippen LogP) is 14.3. The van der Waals surface area contributed by atoms with Crippen molar-refractivity contribution in [1.29, 1.82) is 5.26 Å². The number of nitrogen functional groups attached to an aromatic ring is 2. The molecule has 2 radical (unpaired) electrons. The monoisotopic (exact) mass is 1810 g/mol. The molecule has 46 heteroatoms. The molecular formula is C79H75BCl3N9O32S. The van der Waals surface area contributed by atoms with Crippen molar-refractivity contribution in [1.82, 2.24) is 0 Å². The Labute approximate surface area is 727 Å². The van der Waals surface area contributed by atoms with Crippen molar-refractivity contribution < 1.29 is 129 Å². The number of nitrogens with zero attached hydrogens (tertiary/aromatic N) is 7. The number of carbonyl (C=O) groups is 7. The molecule has 41 nitrogen and oxygen atoms in total. The molecule has 125 heavy (non-hydrogen) atoms. The largest absolute Gasteiger partial charge is 0.482 e. The number of isocyanates is 1. The lowest BCUT2D eigenvalue weighted by Crippen LogP contribution is -2.28. The molecule has 0 aliphatic heterocycles. The SMILES string of the molecule is CC(Oc1ccc(N)cc1)C(=O)Oc1ccc(N)cc1.CC(Oc1ccc(OC#N)cc1)C(=O)Oc1ccc(N=C=O)cc1.CC(Oc1ccc([N+](=O)[O-])cc1)C(=O)Cl.CC(Oc1ccc([N+](=O)[O-])cc1)C(=O)O.CC(Oc1ccc([N+](=O)[O-])cc1)C(=O)Oc1ccc([N+](=O)[O-])cc1.COC(=O)C(C)Oc1ccc([N+](=O)[O-])cc1.O=S(Cl)Cl.[B]C(C)C(=O)OC. The number of methoxy groups -OCH3 is 2. The number of hydrogen-bond donors (Lipinski definition) is 3. The Bertz CT molecular complexity index is 5070. The van der Waals surface area contributed by atoms with Gasteiger partial charge < -0.3 is 73.4 Å². The van der Waals surface area contributed by atoms with Gasteiger partial charge in [-0.3, -0.25) is 60.2 Å². The maximum Gasteiger partial charge on any atom is 0.352 e. The summed E-state index contributed by atoms with van der Waals surface area (Å²) in [6.07, 6.45) is -2.06. The summed E-state index contributed by atoms with van der Waals surface area (Å²) in [7, 11) is 15.0. The topological polar surface area (TPSA) is 589 Å². The summed E-state index contributed by atoms with van der Waals surface area (Å²) in [5, 5.41) is 68.5. The number of halogens is 3. The molecule has 9 aromatic rings. The minimum atomic E-state index is -1.67. The molecule has 0 aliphatic rings. The highest BCUT2D eigenvalue weighted by Gasteiger charge is 2.23. The number of non-ortho nitro benzene ring substituents is 5. The van der Waals surface area contributed by atoms with E-state index in [0.717, 1.165) is 0 Å². The Kier molecular flexibility index (Phi) is 47.5. The van der Waals surface area contributed by atoms with E-state index >= 15 is 0 Å². The van der Waals surface area contributed by atoms with Crippen molar-refractivity contribution >= 4 is 143 Å². The number of nitriles is 1. The highest BCUT2D eigenvalue weighted by molar-refractivity contribution is 8.26. The van der Waals surface area contributed by atoms with Gasteiger partial charge in [-0.05, 0) is 211 Å². The molecule has 5 N–H and O–H groups in total. The molecule has 0 fully saturated rings. The van der Waals surface area contributed by atoms with Gasteiger partial charge in [0, 0.05) is 99.2 Å². The minimum Gasteiger partial charge on any atom is -0.482 e. The van der Waals surface area contributed by atoms with E-state index in [0.29, 0.717) is 57.3 Å². The molecule has 9 rings (SSSR count). The van der Waals surface area contributed by atoms with Crippen LogP contribution in [-0.2, 0) is 57.1 Å². The third-order valence-corrected chi connectivity index (χ3v) is 14.6. The molecule has 9 aromatic carbocycles. The number of nitrogens with two attached hydrogens (primary N) is 2. The van der Waals surface area contributed by atoms with Crippen LogP contribution in [0.25, 0.3) is 0 Å². The number of ether oxygens (including phenoxy) is 12. The molecule has 0 aromatic heterocycles.